The minimum Gasteiger partial charge on any atom is -0.313 e. The van der Waals surface area contributed by atoms with Gasteiger partial charge in [-0.1, -0.05) is 0 Å². The fourth-order valence-corrected chi connectivity index (χ4v) is 4.20. The number of hydrogen-bond acceptors (Lipinski definition) is 5. The van der Waals surface area contributed by atoms with E-state index in [1.807, 2.05) is 0 Å². The van der Waals surface area contributed by atoms with Crippen LogP contribution in [0.25, 0.3) is 0 Å². The molecule has 3 heterocycles. The van der Waals surface area contributed by atoms with Gasteiger partial charge in [0.15, 0.2) is 0 Å². The van der Waals surface area contributed by atoms with E-state index in [2.05, 4.69) is 15.1 Å². The summed E-state index contributed by atoms with van der Waals surface area (Å²) in [7, 11) is -1.88. The fraction of sp³-hybridized carbons (Fsp3) is 0.462. The van der Waals surface area contributed by atoms with Crippen LogP contribution in [0.2, 0.25) is 0 Å². The van der Waals surface area contributed by atoms with Gasteiger partial charge in [0.25, 0.3) is 5.56 Å². The molecule has 1 N–H and O–H groups in total. The molecule has 2 aromatic heterocycles. The van der Waals surface area contributed by atoms with E-state index in [9.17, 15) is 13.2 Å². The molecule has 0 radical (unpaired) electrons. The van der Waals surface area contributed by atoms with Crippen molar-refractivity contribution in [2.75, 3.05) is 13.1 Å². The molecule has 1 atom stereocenters. The van der Waals surface area contributed by atoms with Crippen molar-refractivity contribution in [3.63, 3.8) is 0 Å². The number of nitrogens with one attached hydrogen (secondary N) is 1. The van der Waals surface area contributed by atoms with Gasteiger partial charge in [0.05, 0.1) is 18.2 Å². The van der Waals surface area contributed by atoms with Gasteiger partial charge in [0, 0.05) is 38.3 Å². The lowest BCUT2D eigenvalue weighted by Gasteiger charge is -2.31. The summed E-state index contributed by atoms with van der Waals surface area (Å²) < 4.78 is 28.2. The summed E-state index contributed by atoms with van der Waals surface area (Å²) in [5, 5.41) is 3.92. The molecular weight excluding hydrogens is 306 g/mol. The maximum absolute atomic E-state index is 12.6. The fourth-order valence-electron chi connectivity index (χ4n) is 2.69. The van der Waals surface area contributed by atoms with Gasteiger partial charge in [-0.05, 0) is 12.8 Å². The first-order chi connectivity index (χ1) is 10.5. The topological polar surface area (TPSA) is 101 Å². The summed E-state index contributed by atoms with van der Waals surface area (Å²) in [6, 6.07) is 1.44. The Hall–Kier alpha value is -2.00. The first-order valence-electron chi connectivity index (χ1n) is 7.00. The molecule has 0 saturated carbocycles. The highest BCUT2D eigenvalue weighted by molar-refractivity contribution is 7.89. The Bertz CT molecular complexity index is 826. The van der Waals surface area contributed by atoms with E-state index in [0.717, 1.165) is 12.8 Å². The molecule has 1 fully saturated rings. The quantitative estimate of drug-likeness (QED) is 0.861. The zero-order chi connectivity index (χ0) is 15.7. The van der Waals surface area contributed by atoms with Gasteiger partial charge in [0.2, 0.25) is 10.0 Å². The normalized spacial score (nSPS) is 20.1. The largest absolute Gasteiger partial charge is 0.313 e. The lowest BCUT2D eigenvalue weighted by Crippen LogP contribution is -2.39. The number of aryl methyl sites for hydroxylation is 1. The van der Waals surface area contributed by atoms with Gasteiger partial charge in [-0.3, -0.25) is 9.48 Å². The Kier molecular flexibility index (Phi) is 3.83. The summed E-state index contributed by atoms with van der Waals surface area (Å²) >= 11 is 0. The predicted molar refractivity (Wildman–Crippen MR) is 78.8 cm³/mol. The van der Waals surface area contributed by atoms with E-state index in [1.54, 1.807) is 7.05 Å². The SMILES string of the molecule is Cn1cc(S(=O)(=O)N2CCC[C@H](c3cc(=O)[nH]cn3)C2)cn1. The Morgan fingerprint density at radius 2 is 2.23 bits per heavy atom. The maximum atomic E-state index is 12.6. The minimum atomic E-state index is -3.56. The monoisotopic (exact) mass is 323 g/mol. The number of piperidine rings is 1. The van der Waals surface area contributed by atoms with E-state index in [0.29, 0.717) is 18.8 Å². The van der Waals surface area contributed by atoms with Crippen LogP contribution in [-0.2, 0) is 17.1 Å². The van der Waals surface area contributed by atoms with Crippen molar-refractivity contribution < 1.29 is 8.42 Å². The Morgan fingerprint density at radius 3 is 2.91 bits per heavy atom. The van der Waals surface area contributed by atoms with Gasteiger partial charge in [-0.25, -0.2) is 13.4 Å². The molecule has 8 nitrogen and oxygen atoms in total. The van der Waals surface area contributed by atoms with Crippen molar-refractivity contribution in [1.29, 1.82) is 0 Å². The summed E-state index contributed by atoms with van der Waals surface area (Å²) in [5.41, 5.74) is 0.409. The average Bonchev–Trinajstić information content (AvgIpc) is 2.95. The van der Waals surface area contributed by atoms with Gasteiger partial charge in [-0.2, -0.15) is 9.40 Å². The first-order valence-corrected chi connectivity index (χ1v) is 8.44. The second-order valence-corrected chi connectivity index (χ2v) is 7.33. The van der Waals surface area contributed by atoms with Gasteiger partial charge >= 0.3 is 0 Å². The highest BCUT2D eigenvalue weighted by atomic mass is 32.2. The molecule has 1 aliphatic heterocycles. The molecule has 1 aliphatic rings. The number of hydrogen-bond donors (Lipinski definition) is 1. The summed E-state index contributed by atoms with van der Waals surface area (Å²) in [6.07, 6.45) is 5.75. The third-order valence-corrected chi connectivity index (χ3v) is 5.64. The number of nitrogens with zero attached hydrogens (tertiary/aromatic N) is 4. The highest BCUT2D eigenvalue weighted by Gasteiger charge is 2.32. The van der Waals surface area contributed by atoms with Crippen LogP contribution in [-0.4, -0.2) is 45.6 Å². The van der Waals surface area contributed by atoms with Crippen molar-refractivity contribution in [3.8, 4) is 0 Å². The van der Waals surface area contributed by atoms with Crippen LogP contribution >= 0.6 is 0 Å². The van der Waals surface area contributed by atoms with Crippen LogP contribution in [0, 0.1) is 0 Å². The Labute approximate surface area is 127 Å². The number of H-pyrrole nitrogens is 1. The lowest BCUT2D eigenvalue weighted by molar-refractivity contribution is 0.312. The molecular formula is C13H17N5O3S. The van der Waals surface area contributed by atoms with E-state index in [-0.39, 0.29) is 16.4 Å². The van der Waals surface area contributed by atoms with E-state index < -0.39 is 10.0 Å². The second-order valence-electron chi connectivity index (χ2n) is 5.39. The standard InChI is InChI=1S/C13H17N5O3S/c1-17-8-11(6-16-17)22(20,21)18-4-2-3-10(7-18)12-5-13(19)15-9-14-12/h5-6,8-10H,2-4,7H2,1H3,(H,14,15,19)/t10-/m0/s1. The van der Waals surface area contributed by atoms with Crippen molar-refractivity contribution in [1.82, 2.24) is 24.1 Å². The molecule has 1 saturated heterocycles. The maximum Gasteiger partial charge on any atom is 0.250 e. The van der Waals surface area contributed by atoms with Crippen LogP contribution in [0.5, 0.6) is 0 Å². The number of aromatic amines is 1. The number of sulfonamides is 1. The molecule has 3 rings (SSSR count). The molecule has 0 spiro atoms. The van der Waals surface area contributed by atoms with Crippen molar-refractivity contribution in [2.45, 2.75) is 23.7 Å². The number of rotatable bonds is 3. The number of aromatic nitrogens is 4. The van der Waals surface area contributed by atoms with E-state index in [4.69, 9.17) is 0 Å². The van der Waals surface area contributed by atoms with Crippen LogP contribution in [0.1, 0.15) is 24.5 Å². The third-order valence-electron chi connectivity index (χ3n) is 3.82. The van der Waals surface area contributed by atoms with Crippen molar-refractivity contribution in [2.24, 2.45) is 7.05 Å². The predicted octanol–water partition coefficient (Wildman–Crippen LogP) is 0.0717. The lowest BCUT2D eigenvalue weighted by atomic mass is 9.96. The van der Waals surface area contributed by atoms with Crippen molar-refractivity contribution >= 4 is 10.0 Å². The highest BCUT2D eigenvalue weighted by Crippen LogP contribution is 2.28. The smallest absolute Gasteiger partial charge is 0.250 e. The Morgan fingerprint density at radius 1 is 1.41 bits per heavy atom. The molecule has 22 heavy (non-hydrogen) atoms. The summed E-state index contributed by atoms with van der Waals surface area (Å²) in [5.74, 6) is -0.0671. The summed E-state index contributed by atoms with van der Waals surface area (Å²) in [4.78, 5) is 18.2. The van der Waals surface area contributed by atoms with Crippen LogP contribution in [0.3, 0.4) is 0 Å². The minimum absolute atomic E-state index is 0.0671. The van der Waals surface area contributed by atoms with Gasteiger partial charge < -0.3 is 4.98 Å². The summed E-state index contributed by atoms with van der Waals surface area (Å²) in [6.45, 7) is 0.796. The molecule has 0 bridgehead atoms. The van der Waals surface area contributed by atoms with Crippen LogP contribution in [0.15, 0.2) is 34.5 Å². The van der Waals surface area contributed by atoms with Crippen molar-refractivity contribution in [3.05, 3.63) is 40.8 Å². The molecule has 0 aliphatic carbocycles. The molecule has 0 aromatic carbocycles. The van der Waals surface area contributed by atoms with E-state index >= 15 is 0 Å². The molecule has 0 unspecified atom stereocenters. The molecule has 0 amide bonds. The molecule has 2 aromatic rings. The van der Waals surface area contributed by atoms with Gasteiger partial charge in [-0.15, -0.1) is 0 Å². The van der Waals surface area contributed by atoms with E-state index in [1.165, 1.54) is 33.8 Å². The zero-order valence-corrected chi connectivity index (χ0v) is 13.0. The second kappa shape index (κ2) is 5.65. The van der Waals surface area contributed by atoms with Gasteiger partial charge in [0.1, 0.15) is 4.90 Å². The first kappa shape index (κ1) is 14.9. The average molecular weight is 323 g/mol. The third kappa shape index (κ3) is 2.81. The zero-order valence-electron chi connectivity index (χ0n) is 12.1. The molecule has 118 valence electrons. The van der Waals surface area contributed by atoms with Crippen LogP contribution < -0.4 is 5.56 Å². The van der Waals surface area contributed by atoms with Crippen LogP contribution in [0.4, 0.5) is 0 Å². The Balaban J connectivity index is 1.85. The molecule has 9 heteroatoms.